The fourth-order valence-corrected chi connectivity index (χ4v) is 2.17. The molecule has 1 heterocycles. The summed E-state index contributed by atoms with van der Waals surface area (Å²) in [7, 11) is 0. The molecule has 0 fully saturated rings. The van der Waals surface area contributed by atoms with Crippen LogP contribution in [-0.2, 0) is 0 Å². The Morgan fingerprint density at radius 3 is 2.63 bits per heavy atom. The van der Waals surface area contributed by atoms with Gasteiger partial charge in [0.05, 0.1) is 16.4 Å². The van der Waals surface area contributed by atoms with Crippen LogP contribution in [0.3, 0.4) is 0 Å². The molecule has 0 saturated carbocycles. The lowest BCUT2D eigenvalue weighted by Gasteiger charge is -2.11. The van der Waals surface area contributed by atoms with Crippen molar-refractivity contribution in [1.29, 1.82) is 0 Å². The number of pyridine rings is 1. The van der Waals surface area contributed by atoms with Gasteiger partial charge < -0.3 is 10.5 Å². The molecule has 0 aliphatic rings. The molecular formula is C12H8Br2F2N2O. The summed E-state index contributed by atoms with van der Waals surface area (Å²) in [6.07, 6.45) is 1.39. The maximum atomic E-state index is 13.6. The number of nitrogens with two attached hydrogens (primary N) is 1. The highest BCUT2D eigenvalue weighted by atomic mass is 79.9. The number of ether oxygens (including phenoxy) is 1. The molecule has 0 unspecified atom stereocenters. The Morgan fingerprint density at radius 1 is 1.26 bits per heavy atom. The van der Waals surface area contributed by atoms with Crippen molar-refractivity contribution in [2.24, 2.45) is 0 Å². The highest BCUT2D eigenvalue weighted by Gasteiger charge is 2.15. The molecule has 0 aliphatic carbocycles. The minimum Gasteiger partial charge on any atom is -0.435 e. The van der Waals surface area contributed by atoms with Crippen LogP contribution in [0.25, 0.3) is 0 Å². The Kier molecular flexibility index (Phi) is 4.05. The topological polar surface area (TPSA) is 48.1 Å². The number of benzene rings is 1. The number of hydrogen-bond acceptors (Lipinski definition) is 3. The molecule has 0 bridgehead atoms. The van der Waals surface area contributed by atoms with Crippen molar-refractivity contribution in [2.75, 3.05) is 5.73 Å². The Hall–Kier alpha value is -1.21. The summed E-state index contributed by atoms with van der Waals surface area (Å²) in [5.41, 5.74) is 6.85. The second kappa shape index (κ2) is 5.42. The number of nitrogen functional groups attached to an aromatic ring is 1. The van der Waals surface area contributed by atoms with E-state index in [0.717, 1.165) is 6.07 Å². The van der Waals surface area contributed by atoms with E-state index in [9.17, 15) is 8.78 Å². The first-order valence-electron chi connectivity index (χ1n) is 5.13. The van der Waals surface area contributed by atoms with Gasteiger partial charge in [-0.25, -0.2) is 9.37 Å². The first kappa shape index (κ1) is 14.2. The van der Waals surface area contributed by atoms with Crippen LogP contribution in [0, 0.1) is 18.6 Å². The molecular weight excluding hydrogens is 386 g/mol. The van der Waals surface area contributed by atoms with Gasteiger partial charge in [-0.15, -0.1) is 0 Å². The van der Waals surface area contributed by atoms with Gasteiger partial charge >= 0.3 is 0 Å². The van der Waals surface area contributed by atoms with E-state index in [0.29, 0.717) is 20.2 Å². The van der Waals surface area contributed by atoms with Gasteiger partial charge in [-0.3, -0.25) is 0 Å². The minimum absolute atomic E-state index is 0.114. The molecule has 2 aromatic rings. The summed E-state index contributed by atoms with van der Waals surface area (Å²) in [5.74, 6) is -2.23. The van der Waals surface area contributed by atoms with E-state index in [4.69, 9.17) is 10.5 Å². The summed E-state index contributed by atoms with van der Waals surface area (Å²) >= 11 is 6.32. The van der Waals surface area contributed by atoms with E-state index in [2.05, 4.69) is 36.8 Å². The summed E-state index contributed by atoms with van der Waals surface area (Å²) in [6.45, 7) is 1.76. The van der Waals surface area contributed by atoms with Crippen LogP contribution in [0.2, 0.25) is 0 Å². The van der Waals surface area contributed by atoms with Crippen molar-refractivity contribution in [1.82, 2.24) is 4.98 Å². The number of aromatic nitrogens is 1. The summed E-state index contributed by atoms with van der Waals surface area (Å²) in [4.78, 5) is 3.94. The zero-order valence-electron chi connectivity index (χ0n) is 9.68. The molecule has 2 rings (SSSR count). The molecule has 7 heteroatoms. The number of hydrogen-bond donors (Lipinski definition) is 1. The van der Waals surface area contributed by atoms with Crippen molar-refractivity contribution >= 4 is 37.5 Å². The second-order valence-corrected chi connectivity index (χ2v) is 5.47. The Morgan fingerprint density at radius 2 is 1.95 bits per heavy atom. The van der Waals surface area contributed by atoms with Crippen molar-refractivity contribution in [3.05, 3.63) is 44.5 Å². The third kappa shape index (κ3) is 2.87. The molecule has 0 aliphatic heterocycles. The van der Waals surface area contributed by atoms with Gasteiger partial charge in [-0.2, -0.15) is 4.39 Å². The normalized spacial score (nSPS) is 10.6. The molecule has 0 amide bonds. The number of nitrogens with zero attached hydrogens (tertiary/aromatic N) is 1. The first-order valence-corrected chi connectivity index (χ1v) is 6.71. The van der Waals surface area contributed by atoms with Gasteiger partial charge in [0.1, 0.15) is 0 Å². The smallest absolute Gasteiger partial charge is 0.234 e. The summed E-state index contributed by atoms with van der Waals surface area (Å²) in [5, 5.41) is 0. The van der Waals surface area contributed by atoms with Gasteiger partial charge in [0.2, 0.25) is 11.7 Å². The van der Waals surface area contributed by atoms with E-state index in [1.807, 2.05) is 0 Å². The lowest BCUT2D eigenvalue weighted by Crippen LogP contribution is -1.98. The predicted octanol–water partition coefficient (Wildman–Crippen LogP) is 4.57. The van der Waals surface area contributed by atoms with Gasteiger partial charge in [0.25, 0.3) is 0 Å². The fourth-order valence-electron chi connectivity index (χ4n) is 1.35. The third-order valence-electron chi connectivity index (χ3n) is 2.44. The summed E-state index contributed by atoms with van der Waals surface area (Å²) in [6, 6.07) is 2.33. The van der Waals surface area contributed by atoms with Gasteiger partial charge in [-0.1, -0.05) is 15.9 Å². The van der Waals surface area contributed by atoms with E-state index >= 15 is 0 Å². The first-order chi connectivity index (χ1) is 8.90. The minimum atomic E-state index is -1.08. The van der Waals surface area contributed by atoms with Crippen molar-refractivity contribution in [3.8, 4) is 11.6 Å². The van der Waals surface area contributed by atoms with Crippen LogP contribution in [0.4, 0.5) is 14.5 Å². The van der Waals surface area contributed by atoms with E-state index in [-0.39, 0.29) is 11.6 Å². The van der Waals surface area contributed by atoms with Crippen LogP contribution in [0.15, 0.2) is 27.3 Å². The van der Waals surface area contributed by atoms with Crippen LogP contribution in [0.1, 0.15) is 5.56 Å². The molecule has 0 radical (unpaired) electrons. The fraction of sp³-hybridized carbons (Fsp3) is 0.0833. The van der Waals surface area contributed by atoms with Crippen LogP contribution >= 0.6 is 31.9 Å². The van der Waals surface area contributed by atoms with E-state index in [1.54, 1.807) is 6.92 Å². The predicted molar refractivity (Wildman–Crippen MR) is 75.2 cm³/mol. The Labute approximate surface area is 125 Å². The summed E-state index contributed by atoms with van der Waals surface area (Å²) < 4.78 is 33.0. The molecule has 3 nitrogen and oxygen atoms in total. The lowest BCUT2D eigenvalue weighted by molar-refractivity contribution is 0.403. The number of anilines is 1. The highest BCUT2D eigenvalue weighted by molar-refractivity contribution is 9.10. The second-order valence-electron chi connectivity index (χ2n) is 3.76. The zero-order chi connectivity index (χ0) is 14.2. The molecule has 2 N–H and O–H groups in total. The van der Waals surface area contributed by atoms with Crippen molar-refractivity contribution in [2.45, 2.75) is 6.92 Å². The van der Waals surface area contributed by atoms with Gasteiger partial charge in [0, 0.05) is 4.47 Å². The average Bonchev–Trinajstić information content (AvgIpc) is 2.36. The quantitative estimate of drug-likeness (QED) is 0.760. The maximum absolute atomic E-state index is 13.6. The maximum Gasteiger partial charge on any atom is 0.234 e. The largest absolute Gasteiger partial charge is 0.435 e. The highest BCUT2D eigenvalue weighted by Crippen LogP contribution is 2.35. The number of halogens is 4. The number of rotatable bonds is 2. The molecule has 1 aromatic heterocycles. The Bertz CT molecular complexity index is 650. The van der Waals surface area contributed by atoms with Crippen LogP contribution in [-0.4, -0.2) is 4.98 Å². The molecule has 0 saturated heterocycles. The van der Waals surface area contributed by atoms with Crippen LogP contribution < -0.4 is 10.5 Å². The third-order valence-corrected chi connectivity index (χ3v) is 3.83. The van der Waals surface area contributed by atoms with Crippen molar-refractivity contribution < 1.29 is 13.5 Å². The van der Waals surface area contributed by atoms with Crippen molar-refractivity contribution in [3.63, 3.8) is 0 Å². The van der Waals surface area contributed by atoms with Crippen LogP contribution in [0.5, 0.6) is 11.6 Å². The monoisotopic (exact) mass is 392 g/mol. The van der Waals surface area contributed by atoms with Gasteiger partial charge in [0.15, 0.2) is 11.6 Å². The van der Waals surface area contributed by atoms with Gasteiger partial charge in [-0.05, 0) is 40.5 Å². The molecule has 100 valence electrons. The molecule has 1 aromatic carbocycles. The zero-order valence-corrected chi connectivity index (χ0v) is 12.8. The van der Waals surface area contributed by atoms with E-state index < -0.39 is 11.6 Å². The molecule has 19 heavy (non-hydrogen) atoms. The molecule has 0 spiro atoms. The SMILES string of the molecule is Cc1c(N)cnc(Oc2cc(Br)cc(F)c2F)c1Br. The average molecular weight is 394 g/mol. The van der Waals surface area contributed by atoms with E-state index in [1.165, 1.54) is 12.3 Å². The molecule has 0 atom stereocenters. The lowest BCUT2D eigenvalue weighted by atomic mass is 10.2. The standard InChI is InChI=1S/C12H8Br2F2N2O/c1-5-8(17)4-18-12(10(5)14)19-9-3-6(13)2-7(15)11(9)16/h2-4H,17H2,1H3. The Balaban J connectivity index is 2.45.